The van der Waals surface area contributed by atoms with Crippen LogP contribution in [0.2, 0.25) is 0 Å². The molecule has 0 radical (unpaired) electrons. The average molecular weight is 408 g/mol. The highest BCUT2D eigenvalue weighted by molar-refractivity contribution is 9.11. The molecule has 0 heterocycles. The highest BCUT2D eigenvalue weighted by Crippen LogP contribution is 2.33. The van der Waals surface area contributed by atoms with Gasteiger partial charge in [0.15, 0.2) is 0 Å². The second-order valence-electron chi connectivity index (χ2n) is 3.48. The second kappa shape index (κ2) is 5.81. The van der Waals surface area contributed by atoms with E-state index in [4.69, 9.17) is 5.73 Å². The Labute approximate surface area is 120 Å². The number of alkyl halides is 2. The molecular formula is C9H10Br2F2N2O2S. The molecule has 1 aromatic carbocycles. The van der Waals surface area contributed by atoms with Gasteiger partial charge >= 0.3 is 0 Å². The van der Waals surface area contributed by atoms with Crippen LogP contribution in [0, 0.1) is 0 Å². The fourth-order valence-corrected chi connectivity index (χ4v) is 4.46. The van der Waals surface area contributed by atoms with E-state index in [2.05, 4.69) is 31.9 Å². The fourth-order valence-electron chi connectivity index (χ4n) is 1.30. The van der Waals surface area contributed by atoms with Crippen LogP contribution in [0.3, 0.4) is 0 Å². The molecule has 2 N–H and O–H groups in total. The Morgan fingerprint density at radius 1 is 1.39 bits per heavy atom. The highest BCUT2D eigenvalue weighted by atomic mass is 79.9. The third-order valence-corrected chi connectivity index (χ3v) is 5.39. The predicted octanol–water partition coefficient (Wildman–Crippen LogP) is 2.68. The van der Waals surface area contributed by atoms with Gasteiger partial charge in [-0.1, -0.05) is 15.9 Å². The van der Waals surface area contributed by atoms with Crippen molar-refractivity contribution < 1.29 is 17.2 Å². The van der Waals surface area contributed by atoms with Crippen molar-refractivity contribution in [3.63, 3.8) is 0 Å². The summed E-state index contributed by atoms with van der Waals surface area (Å²) < 4.78 is 50.0. The van der Waals surface area contributed by atoms with E-state index in [-0.39, 0.29) is 15.1 Å². The summed E-state index contributed by atoms with van der Waals surface area (Å²) in [5.74, 6) is 0. The summed E-state index contributed by atoms with van der Waals surface area (Å²) >= 11 is 6.22. The number of benzene rings is 1. The Morgan fingerprint density at radius 3 is 2.39 bits per heavy atom. The Balaban J connectivity index is 3.29. The van der Waals surface area contributed by atoms with E-state index < -0.39 is 23.0 Å². The van der Waals surface area contributed by atoms with Gasteiger partial charge in [0.25, 0.3) is 6.43 Å². The molecule has 0 aromatic heterocycles. The first-order valence-corrected chi connectivity index (χ1v) is 7.68. The van der Waals surface area contributed by atoms with Gasteiger partial charge in [0, 0.05) is 16.0 Å². The van der Waals surface area contributed by atoms with E-state index in [1.54, 1.807) is 0 Å². The number of nitrogens with zero attached hydrogens (tertiary/aromatic N) is 1. The van der Waals surface area contributed by atoms with Crippen LogP contribution in [0.15, 0.2) is 26.0 Å². The van der Waals surface area contributed by atoms with Crippen molar-refractivity contribution in [1.29, 1.82) is 0 Å². The van der Waals surface area contributed by atoms with Crippen molar-refractivity contribution in [3.05, 3.63) is 21.1 Å². The molecule has 0 fully saturated rings. The molecule has 0 unspecified atom stereocenters. The maximum atomic E-state index is 12.2. The molecule has 0 saturated carbocycles. The molecule has 0 bridgehead atoms. The average Bonchev–Trinajstić information content (AvgIpc) is 2.13. The van der Waals surface area contributed by atoms with Crippen molar-refractivity contribution in [2.24, 2.45) is 0 Å². The number of nitrogen functional groups attached to an aromatic ring is 1. The fraction of sp³-hybridized carbons (Fsp3) is 0.333. The summed E-state index contributed by atoms with van der Waals surface area (Å²) in [6.07, 6.45) is -2.75. The number of nitrogens with two attached hydrogens (primary N) is 1. The van der Waals surface area contributed by atoms with Gasteiger partial charge in [-0.2, -0.15) is 4.31 Å². The first kappa shape index (κ1) is 15.8. The van der Waals surface area contributed by atoms with Crippen molar-refractivity contribution in [2.45, 2.75) is 11.3 Å². The van der Waals surface area contributed by atoms with Crippen LogP contribution in [0.1, 0.15) is 0 Å². The summed E-state index contributed by atoms with van der Waals surface area (Å²) in [5, 5.41) is 0. The van der Waals surface area contributed by atoms with Crippen LogP contribution < -0.4 is 5.73 Å². The standard InChI is InChI=1S/C9H10Br2F2N2O2S/c1-15(4-8(12)13)18(16,17)9-6(11)2-5(10)3-7(9)14/h2-3,8H,4,14H2,1H3. The Hall–Kier alpha value is -0.250. The van der Waals surface area contributed by atoms with Gasteiger partial charge < -0.3 is 5.73 Å². The third-order valence-electron chi connectivity index (χ3n) is 2.10. The lowest BCUT2D eigenvalue weighted by Gasteiger charge is -2.19. The van der Waals surface area contributed by atoms with Gasteiger partial charge in [-0.3, -0.25) is 0 Å². The number of anilines is 1. The number of rotatable bonds is 4. The summed E-state index contributed by atoms with van der Waals surface area (Å²) in [6, 6.07) is 2.88. The van der Waals surface area contributed by atoms with E-state index in [9.17, 15) is 17.2 Å². The summed E-state index contributed by atoms with van der Waals surface area (Å²) in [7, 11) is -2.97. The quantitative estimate of drug-likeness (QED) is 0.780. The maximum absolute atomic E-state index is 12.2. The molecule has 0 spiro atoms. The van der Waals surface area contributed by atoms with E-state index in [1.165, 1.54) is 12.1 Å². The first-order valence-electron chi connectivity index (χ1n) is 4.65. The third kappa shape index (κ3) is 3.40. The van der Waals surface area contributed by atoms with Crippen LogP contribution >= 0.6 is 31.9 Å². The first-order chi connectivity index (χ1) is 8.16. The topological polar surface area (TPSA) is 63.4 Å². The molecule has 0 aliphatic carbocycles. The molecule has 4 nitrogen and oxygen atoms in total. The maximum Gasteiger partial charge on any atom is 0.252 e. The van der Waals surface area contributed by atoms with E-state index in [1.807, 2.05) is 0 Å². The molecule has 0 aliphatic heterocycles. The van der Waals surface area contributed by atoms with Crippen molar-refractivity contribution >= 4 is 47.6 Å². The molecule has 0 aliphatic rings. The zero-order valence-corrected chi connectivity index (χ0v) is 13.2. The SMILES string of the molecule is CN(CC(F)F)S(=O)(=O)c1c(N)cc(Br)cc1Br. The van der Waals surface area contributed by atoms with Crippen LogP contribution in [0.25, 0.3) is 0 Å². The van der Waals surface area contributed by atoms with Gasteiger partial charge in [0.1, 0.15) is 4.90 Å². The minimum atomic E-state index is -4.05. The summed E-state index contributed by atoms with van der Waals surface area (Å²) in [5.41, 5.74) is 5.61. The largest absolute Gasteiger partial charge is 0.398 e. The summed E-state index contributed by atoms with van der Waals surface area (Å²) in [6.45, 7) is -0.885. The molecule has 9 heteroatoms. The zero-order chi connectivity index (χ0) is 14.1. The van der Waals surface area contributed by atoms with Crippen molar-refractivity contribution in [3.8, 4) is 0 Å². The zero-order valence-electron chi connectivity index (χ0n) is 9.20. The lowest BCUT2D eigenvalue weighted by Crippen LogP contribution is -2.32. The van der Waals surface area contributed by atoms with E-state index >= 15 is 0 Å². The molecule has 0 saturated heterocycles. The monoisotopic (exact) mass is 406 g/mol. The Kier molecular flexibility index (Phi) is 5.10. The van der Waals surface area contributed by atoms with Gasteiger partial charge in [-0.05, 0) is 28.1 Å². The second-order valence-corrected chi connectivity index (χ2v) is 7.23. The number of halogens is 4. The van der Waals surface area contributed by atoms with Crippen LogP contribution in [-0.4, -0.2) is 32.7 Å². The normalized spacial score (nSPS) is 12.4. The predicted molar refractivity (Wildman–Crippen MR) is 72.1 cm³/mol. The highest BCUT2D eigenvalue weighted by Gasteiger charge is 2.28. The molecule has 18 heavy (non-hydrogen) atoms. The molecule has 102 valence electrons. The Morgan fingerprint density at radius 2 is 1.94 bits per heavy atom. The minimum Gasteiger partial charge on any atom is -0.398 e. The van der Waals surface area contributed by atoms with Crippen LogP contribution in [-0.2, 0) is 10.0 Å². The van der Waals surface area contributed by atoms with E-state index in [0.29, 0.717) is 8.78 Å². The molecule has 0 amide bonds. The van der Waals surface area contributed by atoms with Gasteiger partial charge in [-0.25, -0.2) is 17.2 Å². The molecule has 1 rings (SSSR count). The van der Waals surface area contributed by atoms with Crippen molar-refractivity contribution in [1.82, 2.24) is 4.31 Å². The molecular weight excluding hydrogens is 398 g/mol. The molecule has 1 aromatic rings. The molecule has 0 atom stereocenters. The lowest BCUT2D eigenvalue weighted by molar-refractivity contribution is 0.126. The Bertz CT molecular complexity index is 528. The number of hydrogen-bond donors (Lipinski definition) is 1. The van der Waals surface area contributed by atoms with E-state index in [0.717, 1.165) is 7.05 Å². The smallest absolute Gasteiger partial charge is 0.252 e. The number of sulfonamides is 1. The lowest BCUT2D eigenvalue weighted by atomic mass is 10.3. The van der Waals surface area contributed by atoms with Crippen molar-refractivity contribution in [2.75, 3.05) is 19.3 Å². The van der Waals surface area contributed by atoms with Gasteiger partial charge in [0.2, 0.25) is 10.0 Å². The number of hydrogen-bond acceptors (Lipinski definition) is 3. The minimum absolute atomic E-state index is 0.0163. The van der Waals surface area contributed by atoms with Gasteiger partial charge in [-0.15, -0.1) is 0 Å². The van der Waals surface area contributed by atoms with Gasteiger partial charge in [0.05, 0.1) is 12.2 Å². The van der Waals surface area contributed by atoms with Crippen LogP contribution in [0.4, 0.5) is 14.5 Å². The summed E-state index contributed by atoms with van der Waals surface area (Å²) in [4.78, 5) is -0.214. The van der Waals surface area contributed by atoms with Crippen LogP contribution in [0.5, 0.6) is 0 Å².